The highest BCUT2D eigenvalue weighted by atomic mass is 32.1. The topological polar surface area (TPSA) is 122 Å². The predicted octanol–water partition coefficient (Wildman–Crippen LogP) is 2.07. The molecular weight excluding hydrogens is 433 g/mol. The Balaban J connectivity index is 1.71. The van der Waals surface area contributed by atoms with Crippen molar-refractivity contribution in [2.24, 2.45) is 0 Å². The molecule has 3 aromatic rings. The third-order valence-corrected chi connectivity index (χ3v) is 5.39. The molecule has 0 unspecified atom stereocenters. The maximum Gasteiger partial charge on any atom is 0.488 e. The van der Waals surface area contributed by atoms with E-state index in [1.54, 1.807) is 13.0 Å². The Kier molecular flexibility index (Phi) is 7.77. The Morgan fingerprint density at radius 3 is 2.41 bits per heavy atom. The zero-order chi connectivity index (χ0) is 23.1. The van der Waals surface area contributed by atoms with E-state index in [-0.39, 0.29) is 28.2 Å². The second kappa shape index (κ2) is 10.7. The molecule has 0 saturated carbocycles. The molecular formula is C22H20BNO7S. The summed E-state index contributed by atoms with van der Waals surface area (Å²) in [5, 5.41) is 21.3. The lowest BCUT2D eigenvalue weighted by atomic mass is 9.80. The van der Waals surface area contributed by atoms with Crippen molar-refractivity contribution in [3.63, 3.8) is 0 Å². The summed E-state index contributed by atoms with van der Waals surface area (Å²) in [5.41, 5.74) is 1.27. The van der Waals surface area contributed by atoms with Gasteiger partial charge in [-0.05, 0) is 36.1 Å². The van der Waals surface area contributed by atoms with Gasteiger partial charge in [-0.1, -0.05) is 42.5 Å². The quantitative estimate of drug-likeness (QED) is 0.353. The van der Waals surface area contributed by atoms with Crippen LogP contribution >= 0.6 is 11.3 Å². The Morgan fingerprint density at radius 2 is 1.72 bits per heavy atom. The van der Waals surface area contributed by atoms with Crippen LogP contribution in [-0.2, 0) is 14.3 Å². The summed E-state index contributed by atoms with van der Waals surface area (Å²) in [5.74, 6) is -2.01. The average molecular weight is 453 g/mol. The summed E-state index contributed by atoms with van der Waals surface area (Å²) in [7, 11) is -1.73. The lowest BCUT2D eigenvalue weighted by molar-refractivity contribution is -0.119. The van der Waals surface area contributed by atoms with Gasteiger partial charge in [0.25, 0.3) is 5.91 Å². The molecule has 1 aromatic heterocycles. The summed E-state index contributed by atoms with van der Waals surface area (Å²) in [6.45, 7) is 1.28. The van der Waals surface area contributed by atoms with Crippen LogP contribution in [0, 0.1) is 0 Å². The summed E-state index contributed by atoms with van der Waals surface area (Å²) in [4.78, 5) is 37.7. The molecule has 1 amide bonds. The van der Waals surface area contributed by atoms with Crippen molar-refractivity contribution < 1.29 is 33.9 Å². The first-order valence-electron chi connectivity index (χ1n) is 9.68. The number of benzene rings is 2. The van der Waals surface area contributed by atoms with Crippen molar-refractivity contribution in [3.8, 4) is 10.4 Å². The highest BCUT2D eigenvalue weighted by Crippen LogP contribution is 2.35. The third kappa shape index (κ3) is 5.82. The van der Waals surface area contributed by atoms with Gasteiger partial charge in [-0.15, -0.1) is 11.3 Å². The molecule has 2 aromatic carbocycles. The fourth-order valence-corrected chi connectivity index (χ4v) is 3.86. The smallest absolute Gasteiger partial charge is 0.462 e. The monoisotopic (exact) mass is 453 g/mol. The minimum atomic E-state index is -1.73. The first kappa shape index (κ1) is 23.2. The molecule has 164 valence electrons. The number of carbonyl (C=O) groups excluding carboxylic acids is 3. The van der Waals surface area contributed by atoms with E-state index in [0.717, 1.165) is 10.4 Å². The standard InChI is InChI=1S/C22H20BNO7S/c1-2-30-22(27)17-12-18(14-7-4-3-5-8-14)32-20(17)24-19(25)13-31-21(26)15-9-6-10-16(11-15)23(28)29/h3-12,28-29H,2,13H2,1H3,(H,24,25). The summed E-state index contributed by atoms with van der Waals surface area (Å²) >= 11 is 1.20. The molecule has 3 rings (SSSR count). The Bertz CT molecular complexity index is 1110. The van der Waals surface area contributed by atoms with Crippen LogP contribution in [0.3, 0.4) is 0 Å². The van der Waals surface area contributed by atoms with Crippen molar-refractivity contribution in [1.82, 2.24) is 0 Å². The molecule has 0 spiro atoms. The number of esters is 2. The van der Waals surface area contributed by atoms with Gasteiger partial charge in [-0.2, -0.15) is 0 Å². The number of carbonyl (C=O) groups is 3. The van der Waals surface area contributed by atoms with Gasteiger partial charge in [-0.3, -0.25) is 4.79 Å². The molecule has 0 aliphatic heterocycles. The van der Waals surface area contributed by atoms with Crippen LogP contribution < -0.4 is 10.8 Å². The molecule has 32 heavy (non-hydrogen) atoms. The molecule has 8 nitrogen and oxygen atoms in total. The van der Waals surface area contributed by atoms with E-state index < -0.39 is 31.6 Å². The predicted molar refractivity (Wildman–Crippen MR) is 121 cm³/mol. The van der Waals surface area contributed by atoms with Gasteiger partial charge in [-0.25, -0.2) is 9.59 Å². The van der Waals surface area contributed by atoms with Crippen LogP contribution in [0.4, 0.5) is 5.00 Å². The van der Waals surface area contributed by atoms with Crippen LogP contribution in [0.25, 0.3) is 10.4 Å². The van der Waals surface area contributed by atoms with Crippen LogP contribution in [0.5, 0.6) is 0 Å². The normalized spacial score (nSPS) is 10.3. The van der Waals surface area contributed by atoms with Crippen molar-refractivity contribution in [2.75, 3.05) is 18.5 Å². The van der Waals surface area contributed by atoms with Gasteiger partial charge in [0, 0.05) is 4.88 Å². The van der Waals surface area contributed by atoms with E-state index in [1.807, 2.05) is 30.3 Å². The highest BCUT2D eigenvalue weighted by Gasteiger charge is 2.21. The van der Waals surface area contributed by atoms with Gasteiger partial charge < -0.3 is 24.8 Å². The third-order valence-electron chi connectivity index (χ3n) is 4.29. The lowest BCUT2D eigenvalue weighted by Crippen LogP contribution is -2.30. The number of rotatable bonds is 8. The first-order valence-corrected chi connectivity index (χ1v) is 10.5. The minimum Gasteiger partial charge on any atom is -0.462 e. The molecule has 0 aliphatic carbocycles. The molecule has 0 atom stereocenters. The second-order valence-corrected chi connectivity index (χ2v) is 7.62. The van der Waals surface area contributed by atoms with Gasteiger partial charge in [0.05, 0.1) is 17.7 Å². The molecule has 0 bridgehead atoms. The van der Waals surface area contributed by atoms with Gasteiger partial charge in [0.15, 0.2) is 6.61 Å². The van der Waals surface area contributed by atoms with E-state index >= 15 is 0 Å². The Labute approximate surface area is 188 Å². The highest BCUT2D eigenvalue weighted by molar-refractivity contribution is 7.20. The Morgan fingerprint density at radius 1 is 0.969 bits per heavy atom. The number of hydrogen-bond acceptors (Lipinski definition) is 8. The van der Waals surface area contributed by atoms with E-state index in [2.05, 4.69) is 5.32 Å². The zero-order valence-corrected chi connectivity index (χ0v) is 17.9. The molecule has 0 fully saturated rings. The van der Waals surface area contributed by atoms with Crippen LogP contribution in [0.15, 0.2) is 60.7 Å². The van der Waals surface area contributed by atoms with Crippen molar-refractivity contribution in [1.29, 1.82) is 0 Å². The Hall–Kier alpha value is -3.47. The van der Waals surface area contributed by atoms with Crippen LogP contribution in [-0.4, -0.2) is 48.2 Å². The number of amides is 1. The number of thiophene rings is 1. The summed E-state index contributed by atoms with van der Waals surface area (Å²) in [6, 6.07) is 16.6. The van der Waals surface area contributed by atoms with Gasteiger partial charge >= 0.3 is 19.1 Å². The van der Waals surface area contributed by atoms with E-state index in [9.17, 15) is 24.4 Å². The molecule has 3 N–H and O–H groups in total. The van der Waals surface area contributed by atoms with Crippen LogP contribution in [0.1, 0.15) is 27.6 Å². The first-order chi connectivity index (χ1) is 15.4. The lowest BCUT2D eigenvalue weighted by Gasteiger charge is -2.08. The number of ether oxygens (including phenoxy) is 2. The fourth-order valence-electron chi connectivity index (χ4n) is 2.79. The summed E-state index contributed by atoms with van der Waals surface area (Å²) < 4.78 is 10.1. The largest absolute Gasteiger partial charge is 0.488 e. The maximum atomic E-state index is 12.4. The van der Waals surface area contributed by atoms with Crippen molar-refractivity contribution in [2.45, 2.75) is 6.92 Å². The van der Waals surface area contributed by atoms with E-state index in [1.165, 1.54) is 35.6 Å². The molecule has 0 radical (unpaired) electrons. The van der Waals surface area contributed by atoms with Crippen LogP contribution in [0.2, 0.25) is 0 Å². The molecule has 1 heterocycles. The second-order valence-electron chi connectivity index (χ2n) is 6.56. The van der Waals surface area contributed by atoms with Gasteiger partial charge in [0.2, 0.25) is 0 Å². The van der Waals surface area contributed by atoms with Gasteiger partial charge in [0.1, 0.15) is 5.00 Å². The fraction of sp³-hybridized carbons (Fsp3) is 0.136. The number of nitrogens with one attached hydrogen (secondary N) is 1. The average Bonchev–Trinajstić information content (AvgIpc) is 3.22. The minimum absolute atomic E-state index is 0.0677. The number of anilines is 1. The maximum absolute atomic E-state index is 12.4. The van der Waals surface area contributed by atoms with Crippen molar-refractivity contribution >= 4 is 46.8 Å². The number of hydrogen-bond donors (Lipinski definition) is 3. The molecule has 10 heteroatoms. The molecule has 0 saturated heterocycles. The SMILES string of the molecule is CCOC(=O)c1cc(-c2ccccc2)sc1NC(=O)COC(=O)c1cccc(B(O)O)c1. The molecule has 0 aliphatic rings. The van der Waals surface area contributed by atoms with Crippen molar-refractivity contribution in [3.05, 3.63) is 71.8 Å². The van der Waals surface area contributed by atoms with E-state index in [4.69, 9.17) is 9.47 Å². The van der Waals surface area contributed by atoms with E-state index in [0.29, 0.717) is 0 Å². The zero-order valence-electron chi connectivity index (χ0n) is 17.1. The summed E-state index contributed by atoms with van der Waals surface area (Å²) in [6.07, 6.45) is 0.